The number of ether oxygens (including phenoxy) is 4. The van der Waals surface area contributed by atoms with E-state index in [0.29, 0.717) is 25.7 Å². The second-order valence-corrected chi connectivity index (χ2v) is 34.7. The summed E-state index contributed by atoms with van der Waals surface area (Å²) < 4.78 is 68.9. The van der Waals surface area contributed by atoms with E-state index in [1.165, 1.54) is 276 Å². The van der Waals surface area contributed by atoms with Crippen molar-refractivity contribution in [2.75, 3.05) is 39.6 Å². The highest BCUT2D eigenvalue weighted by Crippen LogP contribution is 2.45. The maximum Gasteiger partial charge on any atom is 0.472 e. The summed E-state index contributed by atoms with van der Waals surface area (Å²) in [5, 5.41) is 10.7. The van der Waals surface area contributed by atoms with E-state index in [1.54, 1.807) is 0 Å². The predicted molar refractivity (Wildman–Crippen MR) is 437 cm³/mol. The lowest BCUT2D eigenvalue weighted by Gasteiger charge is -2.21. The normalized spacial score (nSPS) is 14.3. The molecule has 630 valence electrons. The summed E-state index contributed by atoms with van der Waals surface area (Å²) in [6.45, 7) is 9.70. The second-order valence-electron chi connectivity index (χ2n) is 31.8. The maximum absolute atomic E-state index is 13.2. The van der Waals surface area contributed by atoms with Crippen molar-refractivity contribution in [2.24, 2.45) is 11.8 Å². The Morgan fingerprint density at radius 2 is 0.453 bits per heavy atom. The standard InChI is InChI=1S/C87H170O17P2/c1-7-11-13-15-17-19-21-23-24-25-26-27-28-32-35-39-42-46-50-57-63-69-84(89)97-75-82(103-86(91)72-66-60-52-48-44-40-36-33-30-29-31-34-38-41-45-49-55-61-67-79(5)9-3)77-101-105(93,94)99-73-81(88)74-100-106(95,96)102-78-83(76-98-85(90)70-64-58-54-53-56-62-68-80(6)10-4)104-87(92)71-65-59-51-47-43-37-22-20-18-16-14-12-8-2/h79-83,88H,7-78H2,1-6H3,(H,93,94)(H,95,96)/t79?,80?,81-,82-,83-/m1/s1. The Bertz CT molecular complexity index is 2030. The van der Waals surface area contributed by atoms with Gasteiger partial charge < -0.3 is 33.8 Å². The molecular weight excluding hydrogens is 1380 g/mol. The predicted octanol–water partition coefficient (Wildman–Crippen LogP) is 26.6. The number of hydrogen-bond donors (Lipinski definition) is 3. The number of unbranched alkanes of at least 4 members (excludes halogenated alkanes) is 54. The lowest BCUT2D eigenvalue weighted by molar-refractivity contribution is -0.161. The van der Waals surface area contributed by atoms with Crippen LogP contribution in [-0.2, 0) is 65.4 Å². The van der Waals surface area contributed by atoms with Gasteiger partial charge in [-0.2, -0.15) is 0 Å². The topological polar surface area (TPSA) is 237 Å². The molecule has 0 fully saturated rings. The van der Waals surface area contributed by atoms with Gasteiger partial charge in [0.15, 0.2) is 12.2 Å². The first kappa shape index (κ1) is 104. The highest BCUT2D eigenvalue weighted by Gasteiger charge is 2.30. The summed E-state index contributed by atoms with van der Waals surface area (Å²) in [6.07, 6.45) is 70.9. The van der Waals surface area contributed by atoms with E-state index in [2.05, 4.69) is 41.5 Å². The molecule has 0 spiro atoms. The minimum Gasteiger partial charge on any atom is -0.462 e. The Balaban J connectivity index is 5.20. The smallest absolute Gasteiger partial charge is 0.462 e. The molecule has 17 nitrogen and oxygen atoms in total. The van der Waals surface area contributed by atoms with Crippen molar-refractivity contribution in [1.29, 1.82) is 0 Å². The van der Waals surface area contributed by atoms with Crippen LogP contribution in [0.5, 0.6) is 0 Å². The van der Waals surface area contributed by atoms with Crippen LogP contribution >= 0.6 is 15.6 Å². The van der Waals surface area contributed by atoms with E-state index in [4.69, 9.17) is 37.0 Å². The molecule has 0 aliphatic rings. The van der Waals surface area contributed by atoms with E-state index in [9.17, 15) is 43.2 Å². The molecule has 7 atom stereocenters. The van der Waals surface area contributed by atoms with Crippen molar-refractivity contribution >= 4 is 39.5 Å². The molecule has 3 N–H and O–H groups in total. The molecule has 0 rings (SSSR count). The Morgan fingerprint density at radius 3 is 0.670 bits per heavy atom. The van der Waals surface area contributed by atoms with Gasteiger partial charge in [-0.05, 0) is 37.5 Å². The van der Waals surface area contributed by atoms with Crippen LogP contribution in [0.25, 0.3) is 0 Å². The molecule has 0 amide bonds. The zero-order valence-electron chi connectivity index (χ0n) is 69.7. The monoisotopic (exact) mass is 1550 g/mol. The molecule has 19 heteroatoms. The van der Waals surface area contributed by atoms with Gasteiger partial charge in [0.25, 0.3) is 0 Å². The largest absolute Gasteiger partial charge is 0.472 e. The zero-order valence-corrected chi connectivity index (χ0v) is 71.5. The number of phosphoric ester groups is 2. The van der Waals surface area contributed by atoms with Gasteiger partial charge in [0, 0.05) is 25.7 Å². The molecule has 0 aliphatic carbocycles. The Kier molecular flexibility index (Phi) is 76.9. The fourth-order valence-corrected chi connectivity index (χ4v) is 15.1. The summed E-state index contributed by atoms with van der Waals surface area (Å²) in [5.41, 5.74) is 0. The van der Waals surface area contributed by atoms with Crippen LogP contribution in [0.15, 0.2) is 0 Å². The van der Waals surface area contributed by atoms with Crippen molar-refractivity contribution in [2.45, 2.75) is 484 Å². The quantitative estimate of drug-likeness (QED) is 0.0222. The number of carbonyl (C=O) groups excluding carboxylic acids is 4. The number of rotatable bonds is 86. The van der Waals surface area contributed by atoms with Gasteiger partial charge in [0.1, 0.15) is 19.3 Å². The third kappa shape index (κ3) is 77.4. The number of aliphatic hydroxyl groups excluding tert-OH is 1. The van der Waals surface area contributed by atoms with Crippen molar-refractivity contribution < 1.29 is 80.2 Å². The lowest BCUT2D eigenvalue weighted by Crippen LogP contribution is -2.30. The Morgan fingerprint density at radius 1 is 0.264 bits per heavy atom. The first-order chi connectivity index (χ1) is 51.4. The molecule has 0 aromatic carbocycles. The highest BCUT2D eigenvalue weighted by molar-refractivity contribution is 7.47. The fourth-order valence-electron chi connectivity index (χ4n) is 13.5. The van der Waals surface area contributed by atoms with E-state index >= 15 is 0 Å². The average Bonchev–Trinajstić information content (AvgIpc) is 0.904. The van der Waals surface area contributed by atoms with E-state index in [1.807, 2.05) is 0 Å². The van der Waals surface area contributed by atoms with Crippen molar-refractivity contribution in [3.05, 3.63) is 0 Å². The summed E-state index contributed by atoms with van der Waals surface area (Å²) >= 11 is 0. The van der Waals surface area contributed by atoms with Crippen LogP contribution in [0.3, 0.4) is 0 Å². The molecule has 0 radical (unpaired) electrons. The number of phosphoric acid groups is 2. The van der Waals surface area contributed by atoms with Crippen LogP contribution in [0, 0.1) is 11.8 Å². The van der Waals surface area contributed by atoms with Gasteiger partial charge >= 0.3 is 39.5 Å². The van der Waals surface area contributed by atoms with Crippen LogP contribution in [0.1, 0.15) is 465 Å². The van der Waals surface area contributed by atoms with Crippen molar-refractivity contribution in [3.8, 4) is 0 Å². The number of carbonyl (C=O) groups is 4. The fraction of sp³-hybridized carbons (Fsp3) is 0.954. The van der Waals surface area contributed by atoms with Crippen LogP contribution < -0.4 is 0 Å². The SMILES string of the molecule is CCCCCCCCCCCCCCCCCCCCCCCC(=O)OC[C@H](COP(=O)(O)OC[C@@H](O)COP(=O)(O)OC[C@@H](COC(=O)CCCCCCCCC(C)CC)OC(=O)CCCCCCCCCCCCCCC)OC(=O)CCCCCCCCCCCCCCCCCCCCC(C)CC. The Hall–Kier alpha value is -1.94. The van der Waals surface area contributed by atoms with Crippen LogP contribution in [0.4, 0.5) is 0 Å². The number of esters is 4. The average molecular weight is 1550 g/mol. The van der Waals surface area contributed by atoms with Gasteiger partial charge in [-0.25, -0.2) is 9.13 Å². The molecule has 4 unspecified atom stereocenters. The molecule has 0 heterocycles. The number of aliphatic hydroxyl groups is 1. The zero-order chi connectivity index (χ0) is 77.8. The van der Waals surface area contributed by atoms with E-state index in [-0.39, 0.29) is 25.7 Å². The van der Waals surface area contributed by atoms with Crippen LogP contribution in [-0.4, -0.2) is 96.7 Å². The second kappa shape index (κ2) is 78.3. The molecule has 0 saturated carbocycles. The van der Waals surface area contributed by atoms with Crippen molar-refractivity contribution in [1.82, 2.24) is 0 Å². The van der Waals surface area contributed by atoms with Gasteiger partial charge in [-0.3, -0.25) is 37.3 Å². The van der Waals surface area contributed by atoms with Gasteiger partial charge in [0.2, 0.25) is 0 Å². The Labute approximate surface area is 651 Å². The molecule has 0 bridgehead atoms. The maximum atomic E-state index is 13.2. The molecule has 106 heavy (non-hydrogen) atoms. The minimum absolute atomic E-state index is 0.107. The summed E-state index contributed by atoms with van der Waals surface area (Å²) in [5.74, 6) is -0.501. The highest BCUT2D eigenvalue weighted by atomic mass is 31.2. The number of hydrogen-bond acceptors (Lipinski definition) is 15. The van der Waals surface area contributed by atoms with Gasteiger partial charge in [0.05, 0.1) is 26.4 Å². The van der Waals surface area contributed by atoms with Crippen molar-refractivity contribution in [3.63, 3.8) is 0 Å². The lowest BCUT2D eigenvalue weighted by atomic mass is 9.99. The first-order valence-electron chi connectivity index (χ1n) is 45.1. The third-order valence-corrected chi connectivity index (χ3v) is 23.1. The molecule has 0 aliphatic heterocycles. The molecule has 0 aromatic rings. The van der Waals surface area contributed by atoms with Crippen LogP contribution in [0.2, 0.25) is 0 Å². The minimum atomic E-state index is -4.97. The van der Waals surface area contributed by atoms with E-state index in [0.717, 1.165) is 108 Å². The van der Waals surface area contributed by atoms with E-state index < -0.39 is 97.5 Å². The molecule has 0 aromatic heterocycles. The molecule has 0 saturated heterocycles. The first-order valence-corrected chi connectivity index (χ1v) is 48.1. The van der Waals surface area contributed by atoms with Gasteiger partial charge in [-0.15, -0.1) is 0 Å². The van der Waals surface area contributed by atoms with Gasteiger partial charge in [-0.1, -0.05) is 414 Å². The molecular formula is C87H170O17P2. The third-order valence-electron chi connectivity index (χ3n) is 21.2. The summed E-state index contributed by atoms with van der Waals surface area (Å²) in [4.78, 5) is 73.2. The summed E-state index contributed by atoms with van der Waals surface area (Å²) in [7, 11) is -9.93. The summed E-state index contributed by atoms with van der Waals surface area (Å²) in [6, 6.07) is 0.